The van der Waals surface area contributed by atoms with Crippen LogP contribution in [0.1, 0.15) is 18.5 Å². The Morgan fingerprint density at radius 3 is 2.73 bits per heavy atom. The van der Waals surface area contributed by atoms with E-state index in [2.05, 4.69) is 20.4 Å². The number of nitrogens with one attached hydrogen (secondary N) is 2. The van der Waals surface area contributed by atoms with Crippen molar-refractivity contribution in [1.29, 1.82) is 0 Å². The fourth-order valence-corrected chi connectivity index (χ4v) is 3.18. The lowest BCUT2D eigenvalue weighted by molar-refractivity contribution is -0.122. The molecule has 1 heterocycles. The van der Waals surface area contributed by atoms with E-state index in [1.807, 2.05) is 37.3 Å². The van der Waals surface area contributed by atoms with Gasteiger partial charge in [0.2, 0.25) is 15.9 Å². The van der Waals surface area contributed by atoms with Crippen LogP contribution in [0.4, 0.5) is 5.69 Å². The first-order valence-electron chi connectivity index (χ1n) is 7.97. The number of carbonyl (C=O) groups excluding carboxylic acids is 1. The summed E-state index contributed by atoms with van der Waals surface area (Å²) in [7, 11) is -3.35. The smallest absolute Gasteiger partial charge is 0.242 e. The van der Waals surface area contributed by atoms with Gasteiger partial charge in [-0.15, -0.1) is 5.10 Å². The molecular formula is C17H19N5O3S. The molecule has 8 nitrogen and oxygen atoms in total. The number of amides is 1. The SMILES string of the molecule is CC(NC(=O)Cn1nnc2ccccc21)c1cccc(NS(C)(=O)=O)c1. The number of hydrogen-bond donors (Lipinski definition) is 2. The molecule has 1 unspecified atom stereocenters. The van der Waals surface area contributed by atoms with Crippen molar-refractivity contribution in [2.75, 3.05) is 11.0 Å². The standard InChI is InChI=1S/C17H19N5O3S/c1-12(13-6-5-7-14(10-13)20-26(2,24)25)18-17(23)11-22-16-9-4-3-8-15(16)19-21-22/h3-10,12,20H,11H2,1-2H3,(H,18,23). The van der Waals surface area contributed by atoms with E-state index >= 15 is 0 Å². The van der Waals surface area contributed by atoms with Gasteiger partial charge in [0.15, 0.2) is 0 Å². The molecule has 1 atom stereocenters. The lowest BCUT2D eigenvalue weighted by atomic mass is 10.1. The molecular weight excluding hydrogens is 354 g/mol. The molecule has 26 heavy (non-hydrogen) atoms. The number of aromatic nitrogens is 3. The molecule has 2 N–H and O–H groups in total. The Hall–Kier alpha value is -2.94. The molecule has 0 aliphatic rings. The third-order valence-electron chi connectivity index (χ3n) is 3.78. The highest BCUT2D eigenvalue weighted by Crippen LogP contribution is 2.18. The molecule has 2 aromatic carbocycles. The highest BCUT2D eigenvalue weighted by atomic mass is 32.2. The van der Waals surface area contributed by atoms with Crippen LogP contribution in [0, 0.1) is 0 Å². The summed E-state index contributed by atoms with van der Waals surface area (Å²) in [4.78, 5) is 12.3. The fraction of sp³-hybridized carbons (Fsp3) is 0.235. The molecule has 0 aliphatic heterocycles. The third-order valence-corrected chi connectivity index (χ3v) is 4.39. The maximum atomic E-state index is 12.3. The molecule has 3 rings (SSSR count). The van der Waals surface area contributed by atoms with Crippen LogP contribution < -0.4 is 10.0 Å². The Morgan fingerprint density at radius 1 is 1.19 bits per heavy atom. The summed E-state index contributed by atoms with van der Waals surface area (Å²) in [6.45, 7) is 1.88. The highest BCUT2D eigenvalue weighted by molar-refractivity contribution is 7.92. The number of hydrogen-bond acceptors (Lipinski definition) is 5. The first kappa shape index (κ1) is 17.9. The van der Waals surface area contributed by atoms with Crippen LogP contribution in [-0.4, -0.2) is 35.6 Å². The third kappa shape index (κ3) is 4.37. The minimum atomic E-state index is -3.35. The molecule has 0 fully saturated rings. The van der Waals surface area contributed by atoms with Crippen molar-refractivity contribution < 1.29 is 13.2 Å². The molecule has 0 saturated heterocycles. The molecule has 136 valence electrons. The van der Waals surface area contributed by atoms with Crippen molar-refractivity contribution in [1.82, 2.24) is 20.3 Å². The summed E-state index contributed by atoms with van der Waals surface area (Å²) in [6, 6.07) is 14.0. The second-order valence-corrected chi connectivity index (χ2v) is 7.77. The Balaban J connectivity index is 1.68. The van der Waals surface area contributed by atoms with Gasteiger partial charge in [-0.2, -0.15) is 0 Å². The first-order chi connectivity index (χ1) is 12.3. The minimum Gasteiger partial charge on any atom is -0.348 e. The quantitative estimate of drug-likeness (QED) is 0.684. The summed E-state index contributed by atoms with van der Waals surface area (Å²) in [5, 5.41) is 10.9. The normalized spacial score (nSPS) is 12.7. The highest BCUT2D eigenvalue weighted by Gasteiger charge is 2.13. The monoisotopic (exact) mass is 373 g/mol. The molecule has 0 radical (unpaired) electrons. The van der Waals surface area contributed by atoms with Gasteiger partial charge in [0.1, 0.15) is 12.1 Å². The van der Waals surface area contributed by atoms with Crippen LogP contribution in [0.15, 0.2) is 48.5 Å². The van der Waals surface area contributed by atoms with Gasteiger partial charge in [0.05, 0.1) is 17.8 Å². The van der Waals surface area contributed by atoms with Crippen molar-refractivity contribution >= 4 is 32.7 Å². The Labute approximate surface area is 151 Å². The summed E-state index contributed by atoms with van der Waals surface area (Å²) >= 11 is 0. The van der Waals surface area contributed by atoms with E-state index < -0.39 is 10.0 Å². The minimum absolute atomic E-state index is 0.0478. The van der Waals surface area contributed by atoms with Crippen molar-refractivity contribution in [3.05, 3.63) is 54.1 Å². The van der Waals surface area contributed by atoms with Crippen LogP contribution in [0.5, 0.6) is 0 Å². The van der Waals surface area contributed by atoms with Gasteiger partial charge in [0, 0.05) is 5.69 Å². The molecule has 9 heteroatoms. The summed E-state index contributed by atoms with van der Waals surface area (Å²) in [5.41, 5.74) is 2.76. The zero-order chi connectivity index (χ0) is 18.7. The number of para-hydroxylation sites is 1. The lowest BCUT2D eigenvalue weighted by Crippen LogP contribution is -2.30. The number of nitrogens with zero attached hydrogens (tertiary/aromatic N) is 3. The molecule has 0 aliphatic carbocycles. The lowest BCUT2D eigenvalue weighted by Gasteiger charge is -2.15. The molecule has 3 aromatic rings. The molecule has 1 amide bonds. The summed E-state index contributed by atoms with van der Waals surface area (Å²) in [6.07, 6.45) is 1.09. The largest absolute Gasteiger partial charge is 0.348 e. The van der Waals surface area contributed by atoms with Crippen LogP contribution in [0.25, 0.3) is 11.0 Å². The van der Waals surface area contributed by atoms with Gasteiger partial charge in [-0.1, -0.05) is 29.5 Å². The zero-order valence-corrected chi connectivity index (χ0v) is 15.2. The van der Waals surface area contributed by atoms with Crippen LogP contribution >= 0.6 is 0 Å². The van der Waals surface area contributed by atoms with Gasteiger partial charge in [-0.25, -0.2) is 13.1 Å². The number of rotatable bonds is 6. The Bertz CT molecular complexity index is 1050. The van der Waals surface area contributed by atoms with Crippen LogP contribution in [0.3, 0.4) is 0 Å². The average molecular weight is 373 g/mol. The molecule has 0 bridgehead atoms. The second-order valence-electron chi connectivity index (χ2n) is 6.02. The topological polar surface area (TPSA) is 106 Å². The van der Waals surface area contributed by atoms with Crippen molar-refractivity contribution in [2.45, 2.75) is 19.5 Å². The van der Waals surface area contributed by atoms with Crippen molar-refractivity contribution in [3.63, 3.8) is 0 Å². The first-order valence-corrected chi connectivity index (χ1v) is 9.86. The van der Waals surface area contributed by atoms with E-state index in [-0.39, 0.29) is 18.5 Å². The van der Waals surface area contributed by atoms with Gasteiger partial charge in [-0.3, -0.25) is 9.52 Å². The number of benzene rings is 2. The summed E-state index contributed by atoms with van der Waals surface area (Å²) in [5.74, 6) is -0.213. The fourth-order valence-electron chi connectivity index (χ4n) is 2.63. The maximum Gasteiger partial charge on any atom is 0.242 e. The number of anilines is 1. The maximum absolute atomic E-state index is 12.3. The van der Waals surface area contributed by atoms with Crippen LogP contribution in [0.2, 0.25) is 0 Å². The van der Waals surface area contributed by atoms with Crippen molar-refractivity contribution in [3.8, 4) is 0 Å². The average Bonchev–Trinajstić information content (AvgIpc) is 2.96. The van der Waals surface area contributed by atoms with E-state index in [1.54, 1.807) is 22.9 Å². The molecule has 0 spiro atoms. The number of carbonyl (C=O) groups is 1. The predicted octanol–water partition coefficient (Wildman–Crippen LogP) is 1.68. The van der Waals surface area contributed by atoms with Gasteiger partial charge >= 0.3 is 0 Å². The van der Waals surface area contributed by atoms with Gasteiger partial charge in [0.25, 0.3) is 0 Å². The molecule has 0 saturated carbocycles. The summed E-state index contributed by atoms with van der Waals surface area (Å²) < 4.78 is 26.7. The zero-order valence-electron chi connectivity index (χ0n) is 14.4. The second kappa shape index (κ2) is 7.12. The van der Waals surface area contributed by atoms with E-state index in [4.69, 9.17) is 0 Å². The van der Waals surface area contributed by atoms with Gasteiger partial charge in [-0.05, 0) is 36.8 Å². The molecule has 1 aromatic heterocycles. The van der Waals surface area contributed by atoms with Gasteiger partial charge < -0.3 is 5.32 Å². The van der Waals surface area contributed by atoms with E-state index in [9.17, 15) is 13.2 Å². The Kier molecular flexibility index (Phi) is 4.90. The van der Waals surface area contributed by atoms with Crippen LogP contribution in [-0.2, 0) is 21.4 Å². The number of fused-ring (bicyclic) bond motifs is 1. The number of sulfonamides is 1. The van der Waals surface area contributed by atoms with E-state index in [1.165, 1.54) is 0 Å². The van der Waals surface area contributed by atoms with E-state index in [0.29, 0.717) is 5.69 Å². The van der Waals surface area contributed by atoms with Crippen molar-refractivity contribution in [2.24, 2.45) is 0 Å². The predicted molar refractivity (Wildman–Crippen MR) is 99.0 cm³/mol. The van der Waals surface area contributed by atoms with E-state index in [0.717, 1.165) is 22.9 Å². The Morgan fingerprint density at radius 2 is 1.96 bits per heavy atom.